The third-order valence-corrected chi connectivity index (χ3v) is 5.01. The second-order valence-electron chi connectivity index (χ2n) is 7.57. The first-order valence-corrected chi connectivity index (χ1v) is 9.94. The number of aromatic nitrogens is 5. The Balaban J connectivity index is 1.50. The Hall–Kier alpha value is -3.33. The van der Waals surface area contributed by atoms with E-state index >= 15 is 0 Å². The third-order valence-electron chi connectivity index (χ3n) is 5.01. The number of phenols is 1. The topological polar surface area (TPSA) is 109 Å². The molecule has 9 nitrogen and oxygen atoms in total. The number of benzene rings is 1. The van der Waals surface area contributed by atoms with E-state index in [1.807, 2.05) is 6.07 Å². The summed E-state index contributed by atoms with van der Waals surface area (Å²) in [4.78, 5) is 14.8. The lowest BCUT2D eigenvalue weighted by Crippen LogP contribution is -2.37. The van der Waals surface area contributed by atoms with Gasteiger partial charge in [-0.15, -0.1) is 10.2 Å². The molecule has 1 saturated heterocycles. The van der Waals surface area contributed by atoms with Crippen molar-refractivity contribution in [3.8, 4) is 34.1 Å². The van der Waals surface area contributed by atoms with Crippen LogP contribution in [0.1, 0.15) is 20.3 Å². The predicted octanol–water partition coefficient (Wildman–Crippen LogP) is 2.29. The van der Waals surface area contributed by atoms with Crippen molar-refractivity contribution in [1.29, 1.82) is 0 Å². The molecule has 9 heteroatoms. The number of anilines is 1. The first kappa shape index (κ1) is 20.0. The Labute approximate surface area is 175 Å². The van der Waals surface area contributed by atoms with Crippen molar-refractivity contribution in [2.24, 2.45) is 0 Å². The molecule has 2 N–H and O–H groups in total. The fourth-order valence-electron chi connectivity index (χ4n) is 3.60. The van der Waals surface area contributed by atoms with Gasteiger partial charge in [0.05, 0.1) is 19.0 Å². The van der Waals surface area contributed by atoms with Crippen LogP contribution in [0.5, 0.6) is 11.6 Å². The standard InChI is InChI=1S/C21H25N7O2/c1-13(2)25-15-6-7-28(11-15)21-22-10-18(26-27-21)16-5-4-14(8-19(16)29)17-9-20(30-3)24-12-23-17/h4-5,8-10,12-13,15,25,29H,6-7,11H2,1-3H3. The van der Waals surface area contributed by atoms with Gasteiger partial charge in [0, 0.05) is 42.4 Å². The predicted molar refractivity (Wildman–Crippen MR) is 113 cm³/mol. The van der Waals surface area contributed by atoms with Crippen LogP contribution in [-0.4, -0.2) is 62.5 Å². The SMILES string of the molecule is COc1cc(-c2ccc(-c3cnc(N4CCC(NC(C)C)C4)nn3)c(O)c2)ncn1. The molecule has 3 aromatic rings. The maximum absolute atomic E-state index is 10.5. The first-order chi connectivity index (χ1) is 14.5. The van der Waals surface area contributed by atoms with Crippen molar-refractivity contribution in [1.82, 2.24) is 30.5 Å². The Morgan fingerprint density at radius 3 is 2.70 bits per heavy atom. The Bertz CT molecular complexity index is 1010. The molecular weight excluding hydrogens is 382 g/mol. The Morgan fingerprint density at radius 2 is 2.00 bits per heavy atom. The van der Waals surface area contributed by atoms with E-state index in [2.05, 4.69) is 49.2 Å². The van der Waals surface area contributed by atoms with Crippen LogP contribution in [0.2, 0.25) is 0 Å². The molecule has 156 valence electrons. The van der Waals surface area contributed by atoms with E-state index in [0.29, 0.717) is 40.9 Å². The van der Waals surface area contributed by atoms with Gasteiger partial charge in [0.25, 0.3) is 0 Å². The average Bonchev–Trinajstić information content (AvgIpc) is 3.21. The third kappa shape index (κ3) is 4.30. The monoisotopic (exact) mass is 407 g/mol. The van der Waals surface area contributed by atoms with Crippen molar-refractivity contribution < 1.29 is 9.84 Å². The molecular formula is C21H25N7O2. The van der Waals surface area contributed by atoms with E-state index in [9.17, 15) is 5.11 Å². The quantitative estimate of drug-likeness (QED) is 0.636. The fraction of sp³-hybridized carbons (Fsp3) is 0.381. The Kier molecular flexibility index (Phi) is 5.71. The fourth-order valence-corrected chi connectivity index (χ4v) is 3.60. The zero-order valence-corrected chi connectivity index (χ0v) is 17.3. The molecule has 1 aliphatic heterocycles. The van der Waals surface area contributed by atoms with Crippen molar-refractivity contribution >= 4 is 5.95 Å². The van der Waals surface area contributed by atoms with E-state index in [4.69, 9.17) is 4.74 Å². The van der Waals surface area contributed by atoms with E-state index < -0.39 is 0 Å². The van der Waals surface area contributed by atoms with Crippen LogP contribution in [0.4, 0.5) is 5.95 Å². The molecule has 0 spiro atoms. The highest BCUT2D eigenvalue weighted by atomic mass is 16.5. The van der Waals surface area contributed by atoms with Gasteiger partial charge in [-0.25, -0.2) is 15.0 Å². The van der Waals surface area contributed by atoms with Crippen molar-refractivity contribution in [2.45, 2.75) is 32.4 Å². The number of aromatic hydroxyl groups is 1. The van der Waals surface area contributed by atoms with Crippen molar-refractivity contribution in [3.63, 3.8) is 0 Å². The number of methoxy groups -OCH3 is 1. The molecule has 2 aromatic heterocycles. The van der Waals surface area contributed by atoms with Gasteiger partial charge in [0.15, 0.2) is 0 Å². The first-order valence-electron chi connectivity index (χ1n) is 9.94. The molecule has 4 rings (SSSR count). The van der Waals surface area contributed by atoms with E-state index in [1.54, 1.807) is 31.5 Å². The largest absolute Gasteiger partial charge is 0.507 e. The summed E-state index contributed by atoms with van der Waals surface area (Å²) >= 11 is 0. The van der Waals surface area contributed by atoms with Crippen molar-refractivity contribution in [3.05, 3.63) is 36.8 Å². The van der Waals surface area contributed by atoms with Crippen LogP contribution < -0.4 is 15.0 Å². The van der Waals surface area contributed by atoms with Crippen LogP contribution in [-0.2, 0) is 0 Å². The summed E-state index contributed by atoms with van der Waals surface area (Å²) in [7, 11) is 1.55. The van der Waals surface area contributed by atoms with Crippen LogP contribution in [0, 0.1) is 0 Å². The molecule has 0 aliphatic carbocycles. The van der Waals surface area contributed by atoms with Crippen LogP contribution >= 0.6 is 0 Å². The zero-order chi connectivity index (χ0) is 21.1. The highest BCUT2D eigenvalue weighted by Crippen LogP contribution is 2.32. The summed E-state index contributed by atoms with van der Waals surface area (Å²) in [6.07, 6.45) is 4.13. The van der Waals surface area contributed by atoms with Gasteiger partial charge in [-0.3, -0.25) is 0 Å². The second-order valence-corrected chi connectivity index (χ2v) is 7.57. The summed E-state index contributed by atoms with van der Waals surface area (Å²) in [6.45, 7) is 6.05. The molecule has 3 heterocycles. The number of hydrogen-bond acceptors (Lipinski definition) is 9. The van der Waals surface area contributed by atoms with E-state index in [1.165, 1.54) is 6.33 Å². The molecule has 0 radical (unpaired) electrons. The molecule has 1 aliphatic rings. The number of nitrogens with zero attached hydrogens (tertiary/aromatic N) is 6. The molecule has 1 aromatic carbocycles. The van der Waals surface area contributed by atoms with Gasteiger partial charge >= 0.3 is 0 Å². The average molecular weight is 407 g/mol. The Morgan fingerprint density at radius 1 is 1.13 bits per heavy atom. The summed E-state index contributed by atoms with van der Waals surface area (Å²) in [5.41, 5.74) is 2.48. The van der Waals surface area contributed by atoms with E-state index in [0.717, 1.165) is 25.1 Å². The molecule has 1 fully saturated rings. The summed E-state index contributed by atoms with van der Waals surface area (Å²) in [5.74, 6) is 1.15. The number of nitrogens with one attached hydrogen (secondary N) is 1. The number of phenolic OH excluding ortho intramolecular Hbond substituents is 1. The van der Waals surface area contributed by atoms with Gasteiger partial charge in [-0.2, -0.15) is 0 Å². The van der Waals surface area contributed by atoms with Crippen LogP contribution in [0.3, 0.4) is 0 Å². The summed E-state index contributed by atoms with van der Waals surface area (Å²) in [5, 5.41) is 22.7. The van der Waals surface area contributed by atoms with Crippen LogP contribution in [0.15, 0.2) is 36.8 Å². The minimum Gasteiger partial charge on any atom is -0.507 e. The van der Waals surface area contributed by atoms with Gasteiger partial charge in [-0.05, 0) is 18.6 Å². The molecule has 0 amide bonds. The molecule has 30 heavy (non-hydrogen) atoms. The highest BCUT2D eigenvalue weighted by molar-refractivity contribution is 5.72. The number of ether oxygens (including phenoxy) is 1. The minimum atomic E-state index is 0.0799. The zero-order valence-electron chi connectivity index (χ0n) is 17.3. The lowest BCUT2D eigenvalue weighted by atomic mass is 10.1. The van der Waals surface area contributed by atoms with Gasteiger partial charge in [-0.1, -0.05) is 19.9 Å². The normalized spacial score (nSPS) is 16.3. The summed E-state index contributed by atoms with van der Waals surface area (Å²) < 4.78 is 5.13. The van der Waals surface area contributed by atoms with Gasteiger partial charge in [0.1, 0.15) is 17.8 Å². The maximum atomic E-state index is 10.5. The van der Waals surface area contributed by atoms with Crippen molar-refractivity contribution in [2.75, 3.05) is 25.1 Å². The lowest BCUT2D eigenvalue weighted by Gasteiger charge is -2.18. The minimum absolute atomic E-state index is 0.0799. The summed E-state index contributed by atoms with van der Waals surface area (Å²) in [6, 6.07) is 7.87. The van der Waals surface area contributed by atoms with Gasteiger partial charge in [0.2, 0.25) is 11.8 Å². The highest BCUT2D eigenvalue weighted by Gasteiger charge is 2.25. The van der Waals surface area contributed by atoms with Gasteiger partial charge < -0.3 is 20.1 Å². The van der Waals surface area contributed by atoms with E-state index in [-0.39, 0.29) is 5.75 Å². The smallest absolute Gasteiger partial charge is 0.245 e. The molecule has 0 saturated carbocycles. The number of hydrogen-bond donors (Lipinski definition) is 2. The maximum Gasteiger partial charge on any atom is 0.245 e. The van der Waals surface area contributed by atoms with Crippen LogP contribution in [0.25, 0.3) is 22.5 Å². The number of rotatable bonds is 6. The molecule has 1 unspecified atom stereocenters. The lowest BCUT2D eigenvalue weighted by molar-refractivity contribution is 0.397. The second kappa shape index (κ2) is 8.58. The molecule has 1 atom stereocenters. The molecule has 0 bridgehead atoms.